The van der Waals surface area contributed by atoms with Crippen molar-refractivity contribution in [1.29, 1.82) is 0 Å². The molecule has 0 saturated carbocycles. The highest BCUT2D eigenvalue weighted by molar-refractivity contribution is 6.32. The van der Waals surface area contributed by atoms with Gasteiger partial charge in [0.05, 0.1) is 11.6 Å². The third kappa shape index (κ3) is 4.17. The molecule has 0 bridgehead atoms. The number of ether oxygens (including phenoxy) is 1. The molecule has 2 aromatic carbocycles. The van der Waals surface area contributed by atoms with Crippen LogP contribution >= 0.6 is 11.6 Å². The van der Waals surface area contributed by atoms with Gasteiger partial charge in [0, 0.05) is 12.6 Å². The minimum atomic E-state index is 0.399. The summed E-state index contributed by atoms with van der Waals surface area (Å²) in [5, 5.41) is 7.26. The Morgan fingerprint density at radius 3 is 2.65 bits per heavy atom. The van der Waals surface area contributed by atoms with Crippen molar-refractivity contribution in [2.45, 2.75) is 26.1 Å². The fourth-order valence-corrected chi connectivity index (χ4v) is 2.62. The molecule has 2 N–H and O–H groups in total. The van der Waals surface area contributed by atoms with Crippen molar-refractivity contribution in [2.24, 2.45) is 4.99 Å². The molecule has 0 fully saturated rings. The Balaban J connectivity index is 1.62. The van der Waals surface area contributed by atoms with E-state index >= 15 is 0 Å². The summed E-state index contributed by atoms with van der Waals surface area (Å²) in [6.07, 6.45) is 0. The number of halogens is 1. The molecule has 1 heterocycles. The molecule has 0 amide bonds. The van der Waals surface area contributed by atoms with Crippen molar-refractivity contribution in [3.05, 3.63) is 64.7 Å². The van der Waals surface area contributed by atoms with Gasteiger partial charge in [-0.25, -0.2) is 0 Å². The minimum absolute atomic E-state index is 0.399. The molecule has 0 aromatic heterocycles. The Hall–Kier alpha value is -2.20. The average Bonchev–Trinajstić information content (AvgIpc) is 2.98. The Labute approximate surface area is 141 Å². The highest BCUT2D eigenvalue weighted by Gasteiger charge is 2.12. The van der Waals surface area contributed by atoms with Gasteiger partial charge in [-0.05, 0) is 30.2 Å². The van der Waals surface area contributed by atoms with Crippen LogP contribution in [0.25, 0.3) is 0 Å². The molecule has 1 aliphatic heterocycles. The van der Waals surface area contributed by atoms with Gasteiger partial charge < -0.3 is 15.4 Å². The van der Waals surface area contributed by atoms with Crippen molar-refractivity contribution in [1.82, 2.24) is 10.6 Å². The molecule has 1 aliphatic rings. The highest BCUT2D eigenvalue weighted by Crippen LogP contribution is 2.24. The first-order chi connectivity index (χ1) is 11.2. The lowest BCUT2D eigenvalue weighted by Gasteiger charge is -2.14. The summed E-state index contributed by atoms with van der Waals surface area (Å²) in [7, 11) is 0. The van der Waals surface area contributed by atoms with E-state index in [-0.39, 0.29) is 0 Å². The SMILES string of the molecule is CC1CN=C(NCc2ccccc2COc2ccccc2Cl)N1. The summed E-state index contributed by atoms with van der Waals surface area (Å²) < 4.78 is 5.85. The van der Waals surface area contributed by atoms with Crippen LogP contribution in [0.5, 0.6) is 5.75 Å². The maximum absolute atomic E-state index is 6.13. The second-order valence-corrected chi connectivity index (χ2v) is 5.98. The fourth-order valence-electron chi connectivity index (χ4n) is 2.43. The van der Waals surface area contributed by atoms with E-state index in [0.717, 1.165) is 18.1 Å². The first-order valence-corrected chi connectivity index (χ1v) is 8.09. The molecule has 0 spiro atoms. The molecule has 0 aliphatic carbocycles. The maximum atomic E-state index is 6.13. The molecule has 120 valence electrons. The van der Waals surface area contributed by atoms with Crippen LogP contribution in [0.2, 0.25) is 5.02 Å². The lowest BCUT2D eigenvalue weighted by Crippen LogP contribution is -2.37. The zero-order valence-corrected chi connectivity index (χ0v) is 13.8. The van der Waals surface area contributed by atoms with Gasteiger partial charge in [-0.2, -0.15) is 0 Å². The third-order valence-electron chi connectivity index (χ3n) is 3.69. The molecule has 0 saturated heterocycles. The van der Waals surface area contributed by atoms with E-state index in [1.54, 1.807) is 0 Å². The van der Waals surface area contributed by atoms with E-state index in [9.17, 15) is 0 Å². The van der Waals surface area contributed by atoms with E-state index in [1.165, 1.54) is 5.56 Å². The number of aliphatic imine (C=N–C) groups is 1. The second-order valence-electron chi connectivity index (χ2n) is 5.58. The van der Waals surface area contributed by atoms with Crippen LogP contribution in [-0.2, 0) is 13.2 Å². The average molecular weight is 330 g/mol. The molecule has 1 unspecified atom stereocenters. The molecular weight excluding hydrogens is 310 g/mol. The topological polar surface area (TPSA) is 45.7 Å². The largest absolute Gasteiger partial charge is 0.487 e. The predicted octanol–water partition coefficient (Wildman–Crippen LogP) is 3.36. The van der Waals surface area contributed by atoms with Crippen LogP contribution in [0.1, 0.15) is 18.1 Å². The molecular formula is C18H20ClN3O. The van der Waals surface area contributed by atoms with Gasteiger partial charge in [-0.3, -0.25) is 4.99 Å². The molecule has 5 heteroatoms. The Morgan fingerprint density at radius 2 is 1.91 bits per heavy atom. The number of guanidine groups is 1. The first-order valence-electron chi connectivity index (χ1n) is 7.71. The molecule has 2 aromatic rings. The Bertz CT molecular complexity index is 702. The van der Waals surface area contributed by atoms with Crippen molar-refractivity contribution in [2.75, 3.05) is 6.54 Å². The molecule has 0 radical (unpaired) electrons. The normalized spacial score (nSPS) is 16.6. The summed E-state index contributed by atoms with van der Waals surface area (Å²) in [6, 6.07) is 16.1. The lowest BCUT2D eigenvalue weighted by atomic mass is 10.1. The lowest BCUT2D eigenvalue weighted by molar-refractivity contribution is 0.305. The summed E-state index contributed by atoms with van der Waals surface area (Å²) in [6.45, 7) is 4.13. The summed E-state index contributed by atoms with van der Waals surface area (Å²) in [5.74, 6) is 1.56. The van der Waals surface area contributed by atoms with E-state index < -0.39 is 0 Å². The van der Waals surface area contributed by atoms with Crippen molar-refractivity contribution in [3.8, 4) is 5.75 Å². The number of hydrogen-bond acceptors (Lipinski definition) is 4. The van der Waals surface area contributed by atoms with Crippen molar-refractivity contribution < 1.29 is 4.74 Å². The fraction of sp³-hybridized carbons (Fsp3) is 0.278. The highest BCUT2D eigenvalue weighted by atomic mass is 35.5. The monoisotopic (exact) mass is 329 g/mol. The van der Waals surface area contributed by atoms with Gasteiger partial charge in [-0.15, -0.1) is 0 Å². The van der Waals surface area contributed by atoms with Gasteiger partial charge in [0.15, 0.2) is 5.96 Å². The van der Waals surface area contributed by atoms with Crippen molar-refractivity contribution in [3.63, 3.8) is 0 Å². The third-order valence-corrected chi connectivity index (χ3v) is 4.00. The van der Waals surface area contributed by atoms with E-state index in [2.05, 4.69) is 34.7 Å². The molecule has 23 heavy (non-hydrogen) atoms. The van der Waals surface area contributed by atoms with Crippen molar-refractivity contribution >= 4 is 17.6 Å². The Morgan fingerprint density at radius 1 is 1.17 bits per heavy atom. The smallest absolute Gasteiger partial charge is 0.191 e. The first kappa shape index (κ1) is 15.7. The van der Waals surface area contributed by atoms with Crippen LogP contribution in [0, 0.1) is 0 Å². The van der Waals surface area contributed by atoms with Gasteiger partial charge in [0.25, 0.3) is 0 Å². The van der Waals surface area contributed by atoms with Crippen LogP contribution in [0.3, 0.4) is 0 Å². The summed E-state index contributed by atoms with van der Waals surface area (Å²) in [4.78, 5) is 4.41. The standard InChI is InChI=1S/C18H20ClN3O/c1-13-10-20-18(22-13)21-11-14-6-2-3-7-15(14)12-23-17-9-5-4-8-16(17)19/h2-9,13H,10-12H2,1H3,(H2,20,21,22). The predicted molar refractivity (Wildman–Crippen MR) is 94.0 cm³/mol. The van der Waals surface area contributed by atoms with E-state index in [0.29, 0.717) is 30.0 Å². The molecule has 4 nitrogen and oxygen atoms in total. The Kier molecular flexibility index (Phi) is 5.03. The minimum Gasteiger partial charge on any atom is -0.487 e. The van der Waals surface area contributed by atoms with Gasteiger partial charge in [0.1, 0.15) is 12.4 Å². The molecule has 3 rings (SSSR count). The number of benzene rings is 2. The van der Waals surface area contributed by atoms with E-state index in [1.807, 2.05) is 36.4 Å². The van der Waals surface area contributed by atoms with Gasteiger partial charge >= 0.3 is 0 Å². The zero-order valence-electron chi connectivity index (χ0n) is 13.1. The number of nitrogens with one attached hydrogen (secondary N) is 2. The van der Waals surface area contributed by atoms with Crippen LogP contribution in [-0.4, -0.2) is 18.5 Å². The van der Waals surface area contributed by atoms with Crippen LogP contribution in [0.4, 0.5) is 0 Å². The van der Waals surface area contributed by atoms with Gasteiger partial charge in [0.2, 0.25) is 0 Å². The van der Waals surface area contributed by atoms with Crippen LogP contribution in [0.15, 0.2) is 53.5 Å². The maximum Gasteiger partial charge on any atom is 0.191 e. The quantitative estimate of drug-likeness (QED) is 0.884. The number of nitrogens with zero attached hydrogens (tertiary/aromatic N) is 1. The number of rotatable bonds is 5. The van der Waals surface area contributed by atoms with Crippen LogP contribution < -0.4 is 15.4 Å². The van der Waals surface area contributed by atoms with E-state index in [4.69, 9.17) is 16.3 Å². The summed E-state index contributed by atoms with van der Waals surface area (Å²) >= 11 is 6.13. The number of hydrogen-bond donors (Lipinski definition) is 2. The molecule has 1 atom stereocenters. The zero-order chi connectivity index (χ0) is 16.1. The summed E-state index contributed by atoms with van der Waals surface area (Å²) in [5.41, 5.74) is 2.31. The second kappa shape index (κ2) is 7.38. The number of para-hydroxylation sites is 1. The van der Waals surface area contributed by atoms with Gasteiger partial charge in [-0.1, -0.05) is 48.0 Å².